The van der Waals surface area contributed by atoms with E-state index in [1.54, 1.807) is 13.8 Å². The van der Waals surface area contributed by atoms with Gasteiger partial charge in [-0.2, -0.15) is 0 Å². The number of ether oxygens (including phenoxy) is 1. The number of rotatable bonds is 4. The first-order valence-corrected chi connectivity index (χ1v) is 7.27. The summed E-state index contributed by atoms with van der Waals surface area (Å²) in [5.74, 6) is -2.56. The van der Waals surface area contributed by atoms with Crippen LogP contribution in [0.15, 0.2) is 22.7 Å². The van der Waals surface area contributed by atoms with E-state index in [0.29, 0.717) is 4.47 Å². The lowest BCUT2D eigenvalue weighted by Gasteiger charge is -2.14. The van der Waals surface area contributed by atoms with Gasteiger partial charge < -0.3 is 10.1 Å². The van der Waals surface area contributed by atoms with Crippen LogP contribution in [0.5, 0.6) is 0 Å². The molecular weight excluding hydrogens is 359 g/mol. The molecule has 0 spiro atoms. The minimum atomic E-state index is -1.24. The highest BCUT2D eigenvalue weighted by atomic mass is 79.9. The number of imide groups is 1. The summed E-state index contributed by atoms with van der Waals surface area (Å²) in [7, 11) is 0. The fraction of sp³-hybridized carbons (Fsp3) is 0.357. The zero-order chi connectivity index (χ0) is 16.9. The minimum Gasteiger partial charge on any atom is -0.449 e. The summed E-state index contributed by atoms with van der Waals surface area (Å²) >= 11 is 3.07. The summed E-state index contributed by atoms with van der Waals surface area (Å²) in [5.41, 5.74) is -0.297. The monoisotopic (exact) mass is 374 g/mol. The summed E-state index contributed by atoms with van der Waals surface area (Å²) in [5, 5.41) is 4.48. The van der Waals surface area contributed by atoms with Crippen molar-refractivity contribution in [3.63, 3.8) is 0 Å². The van der Waals surface area contributed by atoms with Crippen LogP contribution in [-0.4, -0.2) is 30.1 Å². The first-order chi connectivity index (χ1) is 10.2. The molecule has 8 heteroatoms. The standard InChI is InChI=1S/C14H16BrFN2O4/c1-7(2)17-14(21)18-12(19)8(3)22-13(20)10-5-4-9(15)6-11(10)16/h4-8H,1-3H3,(H2,17,18,19,21)/t8-/m1/s1. The van der Waals surface area contributed by atoms with Crippen molar-refractivity contribution < 1.29 is 23.5 Å². The zero-order valence-electron chi connectivity index (χ0n) is 12.3. The lowest BCUT2D eigenvalue weighted by molar-refractivity contribution is -0.127. The lowest BCUT2D eigenvalue weighted by atomic mass is 10.2. The van der Waals surface area contributed by atoms with Gasteiger partial charge in [0.1, 0.15) is 5.82 Å². The molecule has 1 aromatic carbocycles. The minimum absolute atomic E-state index is 0.150. The van der Waals surface area contributed by atoms with Crippen LogP contribution in [0.2, 0.25) is 0 Å². The third kappa shape index (κ3) is 5.44. The van der Waals surface area contributed by atoms with Crippen molar-refractivity contribution >= 4 is 33.8 Å². The first-order valence-electron chi connectivity index (χ1n) is 6.48. The van der Waals surface area contributed by atoms with E-state index in [1.165, 1.54) is 19.1 Å². The molecule has 22 heavy (non-hydrogen) atoms. The van der Waals surface area contributed by atoms with Crippen molar-refractivity contribution in [3.8, 4) is 0 Å². The lowest BCUT2D eigenvalue weighted by Crippen LogP contribution is -2.46. The molecule has 0 aliphatic carbocycles. The second-order valence-electron chi connectivity index (χ2n) is 4.79. The number of urea groups is 1. The number of amides is 3. The van der Waals surface area contributed by atoms with Gasteiger partial charge in [-0.15, -0.1) is 0 Å². The Morgan fingerprint density at radius 1 is 1.23 bits per heavy atom. The predicted molar refractivity (Wildman–Crippen MR) is 80.8 cm³/mol. The maximum Gasteiger partial charge on any atom is 0.341 e. The number of benzene rings is 1. The quantitative estimate of drug-likeness (QED) is 0.792. The van der Waals surface area contributed by atoms with Gasteiger partial charge in [-0.1, -0.05) is 15.9 Å². The highest BCUT2D eigenvalue weighted by molar-refractivity contribution is 9.10. The van der Waals surface area contributed by atoms with Gasteiger partial charge in [-0.3, -0.25) is 10.1 Å². The number of esters is 1. The molecule has 0 bridgehead atoms. The summed E-state index contributed by atoms with van der Waals surface area (Å²) in [6.07, 6.45) is -1.24. The summed E-state index contributed by atoms with van der Waals surface area (Å²) in [6, 6.07) is 2.97. The van der Waals surface area contributed by atoms with Crippen molar-refractivity contribution in [2.24, 2.45) is 0 Å². The second-order valence-corrected chi connectivity index (χ2v) is 5.70. The predicted octanol–water partition coefficient (Wildman–Crippen LogP) is 2.37. The van der Waals surface area contributed by atoms with Crippen molar-refractivity contribution in [2.45, 2.75) is 32.9 Å². The molecule has 120 valence electrons. The smallest absolute Gasteiger partial charge is 0.341 e. The number of carbonyl (C=O) groups excluding carboxylic acids is 3. The van der Waals surface area contributed by atoms with Crippen LogP contribution in [0.1, 0.15) is 31.1 Å². The first kappa shape index (κ1) is 18.1. The normalized spacial score (nSPS) is 11.7. The molecule has 1 aromatic rings. The van der Waals surface area contributed by atoms with Crippen LogP contribution >= 0.6 is 15.9 Å². The van der Waals surface area contributed by atoms with Crippen LogP contribution in [0.3, 0.4) is 0 Å². The number of nitrogens with one attached hydrogen (secondary N) is 2. The molecule has 1 rings (SSSR count). The number of halogens is 2. The van der Waals surface area contributed by atoms with Crippen LogP contribution in [0, 0.1) is 5.82 Å². The van der Waals surface area contributed by atoms with Crippen LogP contribution < -0.4 is 10.6 Å². The topological polar surface area (TPSA) is 84.5 Å². The number of carbonyl (C=O) groups is 3. The molecule has 0 fully saturated rings. The Bertz CT molecular complexity index is 592. The number of hydrogen-bond acceptors (Lipinski definition) is 4. The van der Waals surface area contributed by atoms with Gasteiger partial charge in [0.05, 0.1) is 5.56 Å². The molecule has 0 aliphatic heterocycles. The van der Waals surface area contributed by atoms with Crippen LogP contribution in [0.4, 0.5) is 9.18 Å². The SMILES string of the molecule is CC(C)NC(=O)NC(=O)[C@@H](C)OC(=O)c1ccc(Br)cc1F. The summed E-state index contributed by atoms with van der Waals surface area (Å²) in [4.78, 5) is 34.9. The Kier molecular flexibility index (Phi) is 6.48. The molecule has 0 unspecified atom stereocenters. The van der Waals surface area contributed by atoms with E-state index in [0.717, 1.165) is 6.07 Å². The molecule has 0 saturated carbocycles. The van der Waals surface area contributed by atoms with Crippen LogP contribution in [0.25, 0.3) is 0 Å². The Morgan fingerprint density at radius 2 is 1.86 bits per heavy atom. The van der Waals surface area contributed by atoms with E-state index >= 15 is 0 Å². The Morgan fingerprint density at radius 3 is 2.41 bits per heavy atom. The highest BCUT2D eigenvalue weighted by Gasteiger charge is 2.22. The largest absolute Gasteiger partial charge is 0.449 e. The maximum absolute atomic E-state index is 13.6. The molecule has 2 N–H and O–H groups in total. The van der Waals surface area contributed by atoms with Crippen LogP contribution in [-0.2, 0) is 9.53 Å². The van der Waals surface area contributed by atoms with Gasteiger partial charge in [0, 0.05) is 10.5 Å². The van der Waals surface area contributed by atoms with Crippen molar-refractivity contribution in [3.05, 3.63) is 34.1 Å². The highest BCUT2D eigenvalue weighted by Crippen LogP contribution is 2.16. The molecular formula is C14H16BrFN2O4. The molecule has 0 heterocycles. The zero-order valence-corrected chi connectivity index (χ0v) is 13.9. The van der Waals surface area contributed by atoms with Crippen molar-refractivity contribution in [2.75, 3.05) is 0 Å². The average molecular weight is 375 g/mol. The van der Waals surface area contributed by atoms with Gasteiger partial charge in [-0.25, -0.2) is 14.0 Å². The Labute approximate surface area is 135 Å². The third-order valence-corrected chi connectivity index (χ3v) is 2.95. The van der Waals surface area contributed by atoms with E-state index in [-0.39, 0.29) is 11.6 Å². The van der Waals surface area contributed by atoms with Gasteiger partial charge in [-0.05, 0) is 39.0 Å². The van der Waals surface area contributed by atoms with Gasteiger partial charge in [0.15, 0.2) is 6.10 Å². The Balaban J connectivity index is 2.63. The van der Waals surface area contributed by atoms with E-state index in [2.05, 4.69) is 21.2 Å². The molecule has 0 saturated heterocycles. The van der Waals surface area contributed by atoms with E-state index in [9.17, 15) is 18.8 Å². The molecule has 6 nitrogen and oxygen atoms in total. The third-order valence-electron chi connectivity index (χ3n) is 2.46. The van der Waals surface area contributed by atoms with E-state index in [4.69, 9.17) is 4.74 Å². The van der Waals surface area contributed by atoms with E-state index < -0.39 is 29.8 Å². The molecule has 0 radical (unpaired) electrons. The van der Waals surface area contributed by atoms with Crippen molar-refractivity contribution in [1.82, 2.24) is 10.6 Å². The number of hydrogen-bond donors (Lipinski definition) is 2. The van der Waals surface area contributed by atoms with Gasteiger partial charge in [0.2, 0.25) is 0 Å². The fourth-order valence-corrected chi connectivity index (χ4v) is 1.78. The van der Waals surface area contributed by atoms with Gasteiger partial charge in [0.25, 0.3) is 5.91 Å². The summed E-state index contributed by atoms with van der Waals surface area (Å²) < 4.78 is 18.9. The van der Waals surface area contributed by atoms with E-state index in [1.807, 2.05) is 5.32 Å². The molecule has 0 aliphatic rings. The van der Waals surface area contributed by atoms with Crippen molar-refractivity contribution in [1.29, 1.82) is 0 Å². The van der Waals surface area contributed by atoms with Gasteiger partial charge >= 0.3 is 12.0 Å². The summed E-state index contributed by atoms with van der Waals surface area (Å²) in [6.45, 7) is 4.74. The average Bonchev–Trinajstić information content (AvgIpc) is 2.36. The fourth-order valence-electron chi connectivity index (χ4n) is 1.44. The molecule has 1 atom stereocenters. The Hall–Kier alpha value is -1.96. The maximum atomic E-state index is 13.6. The molecule has 0 aromatic heterocycles. The molecule has 3 amide bonds. The second kappa shape index (κ2) is 7.88.